The monoisotopic (exact) mass is 413 g/mol. The van der Waals surface area contributed by atoms with Gasteiger partial charge >= 0.3 is 0 Å². The van der Waals surface area contributed by atoms with Gasteiger partial charge in [0.25, 0.3) is 11.8 Å². The Balaban J connectivity index is 2.00. The first-order valence-corrected chi connectivity index (χ1v) is 9.69. The lowest BCUT2D eigenvalue weighted by Crippen LogP contribution is -2.56. The minimum Gasteiger partial charge on any atom is -0.391 e. The molecule has 0 spiro atoms. The highest BCUT2D eigenvalue weighted by Crippen LogP contribution is 2.20. The number of hydroxylamine groups is 1. The Morgan fingerprint density at radius 1 is 0.867 bits per heavy atom. The van der Waals surface area contributed by atoms with Crippen molar-refractivity contribution in [1.29, 1.82) is 0 Å². The lowest BCUT2D eigenvalue weighted by atomic mass is 10.0. The molecule has 0 bridgehead atoms. The van der Waals surface area contributed by atoms with Gasteiger partial charge in [0.2, 0.25) is 5.91 Å². The van der Waals surface area contributed by atoms with Crippen LogP contribution in [0.5, 0.6) is 0 Å². The third-order valence-corrected chi connectivity index (χ3v) is 4.76. The zero-order valence-electron chi connectivity index (χ0n) is 17.2. The largest absolute Gasteiger partial charge is 0.391 e. The van der Waals surface area contributed by atoms with Crippen LogP contribution in [0.4, 0.5) is 0 Å². The Bertz CT molecular complexity index is 879. The van der Waals surface area contributed by atoms with Crippen LogP contribution in [-0.2, 0) is 16.0 Å². The van der Waals surface area contributed by atoms with E-state index in [0.29, 0.717) is 5.56 Å². The van der Waals surface area contributed by atoms with Gasteiger partial charge in [-0.1, -0.05) is 43.3 Å². The molecule has 0 fully saturated rings. The molecule has 2 aromatic carbocycles. The van der Waals surface area contributed by atoms with Crippen molar-refractivity contribution >= 4 is 17.7 Å². The summed E-state index contributed by atoms with van der Waals surface area (Å²) < 4.78 is 0. The lowest BCUT2D eigenvalue weighted by molar-refractivity contribution is -0.137. The number of amides is 3. The molecule has 5 N–H and O–H groups in total. The molecule has 8 heteroatoms. The number of hydrogen-bond donors (Lipinski definition) is 5. The number of rotatable bonds is 8. The standard InChI is InChI=1S/C22H27N3O5/c1-4-15-5-7-16(8-6-15)17-9-11-18(12-10-17)21(28)23-13(2)20(27)24-19(14(3)26)22(29)25-30/h5-14,19,26,30H,4H2,1-3H3,(H,23,28)(H,24,27)(H,25,29)/t13-,14+,19-/m0/s1. The highest BCUT2D eigenvalue weighted by Gasteiger charge is 2.27. The number of aryl methyl sites for hydroxylation is 1. The van der Waals surface area contributed by atoms with Gasteiger partial charge in [0.05, 0.1) is 6.10 Å². The van der Waals surface area contributed by atoms with Crippen LogP contribution in [0.3, 0.4) is 0 Å². The molecule has 2 aromatic rings. The van der Waals surface area contributed by atoms with Crippen molar-refractivity contribution in [2.45, 2.75) is 45.4 Å². The van der Waals surface area contributed by atoms with Crippen LogP contribution in [-0.4, -0.2) is 46.2 Å². The van der Waals surface area contributed by atoms with Gasteiger partial charge in [-0.3, -0.25) is 19.6 Å². The van der Waals surface area contributed by atoms with Gasteiger partial charge in [0, 0.05) is 5.56 Å². The fourth-order valence-electron chi connectivity index (χ4n) is 2.85. The van der Waals surface area contributed by atoms with Gasteiger partial charge in [-0.05, 0) is 49.1 Å². The quantitative estimate of drug-likeness (QED) is 0.330. The highest BCUT2D eigenvalue weighted by atomic mass is 16.5. The molecule has 3 atom stereocenters. The second kappa shape index (κ2) is 10.5. The summed E-state index contributed by atoms with van der Waals surface area (Å²) in [4.78, 5) is 36.2. The number of benzene rings is 2. The molecule has 0 aliphatic rings. The molecular formula is C22H27N3O5. The molecule has 160 valence electrons. The van der Waals surface area contributed by atoms with Gasteiger partial charge in [-0.2, -0.15) is 0 Å². The van der Waals surface area contributed by atoms with Crippen LogP contribution in [0, 0.1) is 0 Å². The summed E-state index contributed by atoms with van der Waals surface area (Å²) in [5.41, 5.74) is 5.01. The molecule has 2 rings (SSSR count). The second-order valence-corrected chi connectivity index (χ2v) is 7.03. The maximum Gasteiger partial charge on any atom is 0.268 e. The average Bonchev–Trinajstić information content (AvgIpc) is 2.76. The molecule has 8 nitrogen and oxygen atoms in total. The topological polar surface area (TPSA) is 128 Å². The molecule has 0 saturated heterocycles. The van der Waals surface area contributed by atoms with E-state index in [-0.39, 0.29) is 0 Å². The fourth-order valence-corrected chi connectivity index (χ4v) is 2.85. The van der Waals surface area contributed by atoms with Crippen molar-refractivity contribution in [3.8, 4) is 11.1 Å². The predicted molar refractivity (Wildman–Crippen MR) is 112 cm³/mol. The first-order chi connectivity index (χ1) is 14.3. The summed E-state index contributed by atoms with van der Waals surface area (Å²) in [7, 11) is 0. The minimum atomic E-state index is -1.35. The molecule has 0 saturated carbocycles. The van der Waals surface area contributed by atoms with Crippen molar-refractivity contribution < 1.29 is 24.7 Å². The average molecular weight is 413 g/mol. The summed E-state index contributed by atoms with van der Waals surface area (Å²) in [6.45, 7) is 4.84. The van der Waals surface area contributed by atoms with E-state index in [0.717, 1.165) is 17.5 Å². The van der Waals surface area contributed by atoms with E-state index in [9.17, 15) is 19.5 Å². The van der Waals surface area contributed by atoms with E-state index in [2.05, 4.69) is 29.7 Å². The number of nitrogens with one attached hydrogen (secondary N) is 3. The van der Waals surface area contributed by atoms with Gasteiger partial charge in [0.15, 0.2) is 0 Å². The van der Waals surface area contributed by atoms with Crippen LogP contribution in [0.2, 0.25) is 0 Å². The fraction of sp³-hybridized carbons (Fsp3) is 0.318. The van der Waals surface area contributed by atoms with E-state index in [4.69, 9.17) is 5.21 Å². The molecule has 3 amide bonds. The Kier molecular flexibility index (Phi) is 8.08. The third kappa shape index (κ3) is 5.88. The highest BCUT2D eigenvalue weighted by molar-refractivity contribution is 5.98. The molecule has 0 radical (unpaired) electrons. The molecular weight excluding hydrogens is 386 g/mol. The summed E-state index contributed by atoms with van der Waals surface area (Å²) in [6, 6.07) is 12.9. The van der Waals surface area contributed by atoms with Gasteiger partial charge in [-0.15, -0.1) is 0 Å². The van der Waals surface area contributed by atoms with E-state index < -0.39 is 35.9 Å². The zero-order chi connectivity index (χ0) is 22.3. The minimum absolute atomic E-state index is 0.378. The number of aliphatic hydroxyl groups excluding tert-OH is 1. The Morgan fingerprint density at radius 3 is 1.87 bits per heavy atom. The number of carbonyl (C=O) groups excluding carboxylic acids is 3. The van der Waals surface area contributed by atoms with Crippen molar-refractivity contribution in [2.75, 3.05) is 0 Å². The summed E-state index contributed by atoms with van der Waals surface area (Å²) in [5.74, 6) is -2.09. The van der Waals surface area contributed by atoms with E-state index >= 15 is 0 Å². The first-order valence-electron chi connectivity index (χ1n) is 9.69. The van der Waals surface area contributed by atoms with Gasteiger partial charge in [-0.25, -0.2) is 5.48 Å². The Morgan fingerprint density at radius 2 is 1.40 bits per heavy atom. The normalized spacial score (nSPS) is 13.6. The Hall–Kier alpha value is -3.23. The van der Waals surface area contributed by atoms with E-state index in [1.54, 1.807) is 12.1 Å². The Labute approximate surface area is 175 Å². The van der Waals surface area contributed by atoms with Gasteiger partial charge < -0.3 is 15.7 Å². The SMILES string of the molecule is CCc1ccc(-c2ccc(C(=O)N[C@@H](C)C(=O)N[C@H](C(=O)NO)[C@@H](C)O)cc2)cc1. The van der Waals surface area contributed by atoms with Crippen molar-refractivity contribution in [2.24, 2.45) is 0 Å². The lowest BCUT2D eigenvalue weighted by Gasteiger charge is -2.22. The van der Waals surface area contributed by atoms with Crippen molar-refractivity contribution in [3.63, 3.8) is 0 Å². The van der Waals surface area contributed by atoms with Crippen molar-refractivity contribution in [1.82, 2.24) is 16.1 Å². The zero-order valence-corrected chi connectivity index (χ0v) is 17.2. The molecule has 0 heterocycles. The molecule has 0 unspecified atom stereocenters. The maximum atomic E-state index is 12.4. The van der Waals surface area contributed by atoms with E-state index in [1.165, 1.54) is 24.9 Å². The third-order valence-electron chi connectivity index (χ3n) is 4.76. The summed E-state index contributed by atoms with van der Waals surface area (Å²) in [5, 5.41) is 23.1. The molecule has 0 aromatic heterocycles. The summed E-state index contributed by atoms with van der Waals surface area (Å²) in [6.07, 6.45) is -0.267. The van der Waals surface area contributed by atoms with E-state index in [1.807, 2.05) is 24.3 Å². The number of hydrogen-bond acceptors (Lipinski definition) is 5. The molecule has 0 aliphatic heterocycles. The van der Waals surface area contributed by atoms with Gasteiger partial charge in [0.1, 0.15) is 12.1 Å². The predicted octanol–water partition coefficient (Wildman–Crippen LogP) is 1.41. The number of aliphatic hydroxyl groups is 1. The van der Waals surface area contributed by atoms with Crippen LogP contribution in [0.1, 0.15) is 36.7 Å². The second-order valence-electron chi connectivity index (χ2n) is 7.03. The first kappa shape index (κ1) is 23.1. The van der Waals surface area contributed by atoms with Crippen molar-refractivity contribution in [3.05, 3.63) is 59.7 Å². The number of carbonyl (C=O) groups is 3. The summed E-state index contributed by atoms with van der Waals surface area (Å²) >= 11 is 0. The molecule has 30 heavy (non-hydrogen) atoms. The maximum absolute atomic E-state index is 12.4. The van der Waals surface area contributed by atoms with Crippen LogP contribution in [0.25, 0.3) is 11.1 Å². The molecule has 0 aliphatic carbocycles. The smallest absolute Gasteiger partial charge is 0.268 e. The van der Waals surface area contributed by atoms with Crippen LogP contribution >= 0.6 is 0 Å². The van der Waals surface area contributed by atoms with Crippen LogP contribution < -0.4 is 16.1 Å². The van der Waals surface area contributed by atoms with Crippen LogP contribution in [0.15, 0.2) is 48.5 Å².